The summed E-state index contributed by atoms with van der Waals surface area (Å²) in [5, 5.41) is 19.2. The molecule has 0 aliphatic rings. The number of ether oxygens (including phenoxy) is 1. The quantitative estimate of drug-likeness (QED) is 0.375. The molecule has 0 aliphatic heterocycles. The minimum absolute atomic E-state index is 0.1000. The number of hydrogen-bond acceptors (Lipinski definition) is 5. The molecule has 0 radical (unpaired) electrons. The molecule has 0 unspecified atom stereocenters. The number of carbonyl (C=O) groups is 2. The highest BCUT2D eigenvalue weighted by Gasteiger charge is 2.16. The van der Waals surface area contributed by atoms with Gasteiger partial charge < -0.3 is 9.84 Å². The van der Waals surface area contributed by atoms with Crippen molar-refractivity contribution in [3.63, 3.8) is 0 Å². The standard InChI is InChI=1S/C12H11NO6/c1-2-19-12(16)10(7-11(14)15)8-3-5-9(6-4-8)13(17)18/h3-7H,2H2,1H3,(H,14,15). The summed E-state index contributed by atoms with van der Waals surface area (Å²) in [6.45, 7) is 1.69. The SMILES string of the molecule is CCOC(=O)C(=CC(=O)O)c1ccc([N+](=O)[O-])cc1. The Bertz CT molecular complexity index is 532. The summed E-state index contributed by atoms with van der Waals surface area (Å²) in [4.78, 5) is 32.2. The fourth-order valence-corrected chi connectivity index (χ4v) is 1.36. The van der Waals surface area contributed by atoms with Gasteiger partial charge in [-0.1, -0.05) is 0 Å². The predicted octanol–water partition coefficient (Wildman–Crippen LogP) is 1.63. The number of carbonyl (C=O) groups excluding carboxylic acids is 1. The lowest BCUT2D eigenvalue weighted by Crippen LogP contribution is -2.08. The molecule has 19 heavy (non-hydrogen) atoms. The van der Waals surface area contributed by atoms with Crippen LogP contribution in [0.1, 0.15) is 12.5 Å². The zero-order chi connectivity index (χ0) is 14.4. The van der Waals surface area contributed by atoms with Crippen molar-refractivity contribution in [2.75, 3.05) is 6.61 Å². The van der Waals surface area contributed by atoms with Gasteiger partial charge in [-0.15, -0.1) is 0 Å². The van der Waals surface area contributed by atoms with E-state index in [0.717, 1.165) is 0 Å². The fourth-order valence-electron chi connectivity index (χ4n) is 1.36. The molecule has 7 heteroatoms. The molecular formula is C12H11NO6. The Morgan fingerprint density at radius 1 is 1.37 bits per heavy atom. The number of nitro benzene ring substituents is 1. The largest absolute Gasteiger partial charge is 0.478 e. The summed E-state index contributed by atoms with van der Waals surface area (Å²) in [7, 11) is 0. The molecule has 100 valence electrons. The fraction of sp³-hybridized carbons (Fsp3) is 0.167. The van der Waals surface area contributed by atoms with Gasteiger partial charge in [0.25, 0.3) is 5.69 Å². The Kier molecular flexibility index (Phi) is 4.76. The number of non-ortho nitro benzene ring substituents is 1. The van der Waals surface area contributed by atoms with Gasteiger partial charge in [0.05, 0.1) is 17.1 Å². The second kappa shape index (κ2) is 6.29. The van der Waals surface area contributed by atoms with Gasteiger partial charge in [0.15, 0.2) is 0 Å². The van der Waals surface area contributed by atoms with E-state index >= 15 is 0 Å². The lowest BCUT2D eigenvalue weighted by molar-refractivity contribution is -0.384. The minimum Gasteiger partial charge on any atom is -0.478 e. The Morgan fingerprint density at radius 2 is 1.95 bits per heavy atom. The van der Waals surface area contributed by atoms with Gasteiger partial charge in [-0.25, -0.2) is 9.59 Å². The maximum Gasteiger partial charge on any atom is 0.338 e. The van der Waals surface area contributed by atoms with Crippen LogP contribution >= 0.6 is 0 Å². The van der Waals surface area contributed by atoms with Crippen LogP contribution in [0, 0.1) is 10.1 Å². The molecule has 0 aliphatic carbocycles. The number of benzene rings is 1. The van der Waals surface area contributed by atoms with Gasteiger partial charge in [0.2, 0.25) is 0 Å². The van der Waals surface area contributed by atoms with Crippen molar-refractivity contribution in [3.8, 4) is 0 Å². The summed E-state index contributed by atoms with van der Waals surface area (Å²) in [5.74, 6) is -2.10. The highest BCUT2D eigenvalue weighted by Crippen LogP contribution is 2.20. The molecule has 1 N–H and O–H groups in total. The number of carboxylic acids is 1. The first kappa shape index (κ1) is 14.4. The van der Waals surface area contributed by atoms with Gasteiger partial charge in [-0.2, -0.15) is 0 Å². The molecule has 0 heterocycles. The third-order valence-electron chi connectivity index (χ3n) is 2.15. The van der Waals surface area contributed by atoms with Crippen molar-refractivity contribution in [1.29, 1.82) is 0 Å². The highest BCUT2D eigenvalue weighted by molar-refractivity contribution is 6.20. The molecule has 0 fully saturated rings. The zero-order valence-electron chi connectivity index (χ0n) is 10.0. The molecule has 1 rings (SSSR count). The van der Waals surface area contributed by atoms with Crippen molar-refractivity contribution in [2.45, 2.75) is 6.92 Å². The maximum atomic E-state index is 11.6. The van der Waals surface area contributed by atoms with Gasteiger partial charge in [-0.05, 0) is 24.6 Å². The monoisotopic (exact) mass is 265 g/mol. The van der Waals surface area contributed by atoms with E-state index in [9.17, 15) is 19.7 Å². The normalized spacial score (nSPS) is 10.9. The lowest BCUT2D eigenvalue weighted by atomic mass is 10.1. The van der Waals surface area contributed by atoms with E-state index in [1.54, 1.807) is 6.92 Å². The van der Waals surface area contributed by atoms with E-state index in [0.29, 0.717) is 6.08 Å². The van der Waals surface area contributed by atoms with Crippen LogP contribution in [0.2, 0.25) is 0 Å². The average molecular weight is 265 g/mol. The zero-order valence-corrected chi connectivity index (χ0v) is 10.0. The first-order chi connectivity index (χ1) is 8.95. The minimum atomic E-state index is -1.30. The van der Waals surface area contributed by atoms with E-state index in [2.05, 4.69) is 0 Å². The van der Waals surface area contributed by atoms with E-state index in [-0.39, 0.29) is 23.4 Å². The van der Waals surface area contributed by atoms with E-state index in [1.165, 1.54) is 24.3 Å². The van der Waals surface area contributed by atoms with Crippen molar-refractivity contribution < 1.29 is 24.4 Å². The number of hydrogen-bond donors (Lipinski definition) is 1. The van der Waals surface area contributed by atoms with E-state index in [1.807, 2.05) is 0 Å². The van der Waals surface area contributed by atoms with Crippen molar-refractivity contribution >= 4 is 23.2 Å². The molecule has 0 saturated carbocycles. The van der Waals surface area contributed by atoms with Gasteiger partial charge in [-0.3, -0.25) is 10.1 Å². The molecular weight excluding hydrogens is 254 g/mol. The van der Waals surface area contributed by atoms with E-state index < -0.39 is 16.9 Å². The van der Waals surface area contributed by atoms with Crippen LogP contribution in [0.15, 0.2) is 30.3 Å². The lowest BCUT2D eigenvalue weighted by Gasteiger charge is -2.06. The number of nitrogens with zero attached hydrogens (tertiary/aromatic N) is 1. The summed E-state index contributed by atoms with van der Waals surface area (Å²) >= 11 is 0. The van der Waals surface area contributed by atoms with Gasteiger partial charge in [0, 0.05) is 18.2 Å². The second-order valence-electron chi connectivity index (χ2n) is 3.42. The van der Waals surface area contributed by atoms with Gasteiger partial charge in [0.1, 0.15) is 0 Å². The number of esters is 1. The number of rotatable bonds is 5. The topological polar surface area (TPSA) is 107 Å². The van der Waals surface area contributed by atoms with Crippen LogP contribution < -0.4 is 0 Å². The molecule has 1 aromatic carbocycles. The first-order valence-corrected chi connectivity index (χ1v) is 5.32. The highest BCUT2D eigenvalue weighted by atomic mass is 16.6. The third kappa shape index (κ3) is 3.91. The van der Waals surface area contributed by atoms with Crippen LogP contribution in [-0.4, -0.2) is 28.6 Å². The summed E-state index contributed by atoms with van der Waals surface area (Å²) in [6, 6.07) is 4.96. The summed E-state index contributed by atoms with van der Waals surface area (Å²) in [5.41, 5.74) is -0.0713. The van der Waals surface area contributed by atoms with Crippen LogP contribution in [-0.2, 0) is 14.3 Å². The molecule has 1 aromatic rings. The Hall–Kier alpha value is -2.70. The number of nitro groups is 1. The first-order valence-electron chi connectivity index (χ1n) is 5.32. The van der Waals surface area contributed by atoms with Crippen LogP contribution in [0.25, 0.3) is 5.57 Å². The Balaban J connectivity index is 3.15. The molecule has 7 nitrogen and oxygen atoms in total. The number of aliphatic carboxylic acids is 1. The van der Waals surface area contributed by atoms with Gasteiger partial charge >= 0.3 is 11.9 Å². The maximum absolute atomic E-state index is 11.6. The van der Waals surface area contributed by atoms with Crippen molar-refractivity contribution in [2.24, 2.45) is 0 Å². The molecule has 0 aromatic heterocycles. The van der Waals surface area contributed by atoms with Crippen LogP contribution in [0.5, 0.6) is 0 Å². The Morgan fingerprint density at radius 3 is 2.37 bits per heavy atom. The summed E-state index contributed by atoms with van der Waals surface area (Å²) < 4.78 is 4.73. The van der Waals surface area contributed by atoms with Crippen molar-refractivity contribution in [3.05, 3.63) is 46.0 Å². The second-order valence-corrected chi connectivity index (χ2v) is 3.42. The van der Waals surface area contributed by atoms with Crippen LogP contribution in [0.4, 0.5) is 5.69 Å². The third-order valence-corrected chi connectivity index (χ3v) is 2.15. The smallest absolute Gasteiger partial charge is 0.338 e. The Labute approximate surface area is 108 Å². The molecule has 0 amide bonds. The van der Waals surface area contributed by atoms with Crippen molar-refractivity contribution in [1.82, 2.24) is 0 Å². The van der Waals surface area contributed by atoms with E-state index in [4.69, 9.17) is 9.84 Å². The molecule has 0 saturated heterocycles. The average Bonchev–Trinajstić information content (AvgIpc) is 2.36. The number of carboxylic acid groups (broad SMARTS) is 1. The molecule has 0 atom stereocenters. The molecule has 0 bridgehead atoms. The molecule has 0 spiro atoms. The predicted molar refractivity (Wildman–Crippen MR) is 65.3 cm³/mol. The summed E-state index contributed by atoms with van der Waals surface area (Å²) in [6.07, 6.45) is 0.708. The van der Waals surface area contributed by atoms with Crippen LogP contribution in [0.3, 0.4) is 0 Å².